The second-order valence-electron chi connectivity index (χ2n) is 3.37. The fourth-order valence-electron chi connectivity index (χ4n) is 1.42. The van der Waals surface area contributed by atoms with Crippen molar-refractivity contribution in [1.82, 2.24) is 4.98 Å². The van der Waals surface area contributed by atoms with Crippen LogP contribution in [0.15, 0.2) is 41.9 Å². The Hall–Kier alpha value is -1.23. The second kappa shape index (κ2) is 5.75. The van der Waals surface area contributed by atoms with Crippen molar-refractivity contribution in [3.8, 4) is 0 Å². The minimum absolute atomic E-state index is 0.122. The lowest BCUT2D eigenvalue weighted by atomic mass is 10.2. The normalized spacial score (nSPS) is 12.6. The maximum Gasteiger partial charge on any atom is 0.112 e. The van der Waals surface area contributed by atoms with Crippen LogP contribution in [0.5, 0.6) is 0 Å². The van der Waals surface area contributed by atoms with Gasteiger partial charge in [0.15, 0.2) is 0 Å². The van der Waals surface area contributed by atoms with Crippen molar-refractivity contribution in [3.63, 3.8) is 0 Å². The average molecular weight is 234 g/mol. The molecule has 2 N–H and O–H groups in total. The van der Waals surface area contributed by atoms with Crippen molar-refractivity contribution in [1.29, 1.82) is 0 Å². The maximum absolute atomic E-state index is 5.74. The third-order valence-electron chi connectivity index (χ3n) is 2.24. The summed E-state index contributed by atoms with van der Waals surface area (Å²) in [5.41, 5.74) is 6.57. The van der Waals surface area contributed by atoms with E-state index < -0.39 is 0 Å². The first kappa shape index (κ1) is 11.3. The quantitative estimate of drug-likeness (QED) is 0.864. The molecule has 3 nitrogen and oxygen atoms in total. The number of nitrogens with two attached hydrogens (primary N) is 1. The van der Waals surface area contributed by atoms with Crippen molar-refractivity contribution in [2.24, 2.45) is 5.73 Å². The van der Waals surface area contributed by atoms with Gasteiger partial charge in [0.25, 0.3) is 0 Å². The van der Waals surface area contributed by atoms with E-state index in [1.54, 1.807) is 17.5 Å². The maximum atomic E-state index is 5.74. The highest BCUT2D eigenvalue weighted by Gasteiger charge is 2.11. The van der Waals surface area contributed by atoms with E-state index in [9.17, 15) is 0 Å². The lowest BCUT2D eigenvalue weighted by Gasteiger charge is -2.14. The molecule has 0 amide bonds. The summed E-state index contributed by atoms with van der Waals surface area (Å²) in [5, 5.41) is 2.04. The number of thiophene rings is 1. The Morgan fingerprint density at radius 1 is 1.31 bits per heavy atom. The van der Waals surface area contributed by atoms with Crippen molar-refractivity contribution in [3.05, 3.63) is 52.5 Å². The highest BCUT2D eigenvalue weighted by atomic mass is 32.1. The minimum atomic E-state index is -0.122. The fraction of sp³-hybridized carbons (Fsp3) is 0.250. The molecule has 0 aliphatic heterocycles. The molecule has 0 spiro atoms. The SMILES string of the molecule is NCC(OCc1cccs1)c1ccccn1. The summed E-state index contributed by atoms with van der Waals surface area (Å²) in [4.78, 5) is 5.45. The number of hydrogen-bond donors (Lipinski definition) is 1. The van der Waals surface area contributed by atoms with Gasteiger partial charge in [0.2, 0.25) is 0 Å². The van der Waals surface area contributed by atoms with Crippen molar-refractivity contribution in [2.45, 2.75) is 12.7 Å². The van der Waals surface area contributed by atoms with Crippen molar-refractivity contribution >= 4 is 11.3 Å². The molecule has 1 atom stereocenters. The Labute approximate surface area is 98.9 Å². The van der Waals surface area contributed by atoms with Gasteiger partial charge < -0.3 is 10.5 Å². The van der Waals surface area contributed by atoms with E-state index in [0.717, 1.165) is 5.69 Å². The van der Waals surface area contributed by atoms with E-state index in [1.165, 1.54) is 4.88 Å². The summed E-state index contributed by atoms with van der Waals surface area (Å²) in [7, 11) is 0. The summed E-state index contributed by atoms with van der Waals surface area (Å²) in [6.07, 6.45) is 1.63. The minimum Gasteiger partial charge on any atom is -0.365 e. The molecule has 2 heterocycles. The number of hydrogen-bond acceptors (Lipinski definition) is 4. The van der Waals surface area contributed by atoms with Crippen LogP contribution in [0.25, 0.3) is 0 Å². The van der Waals surface area contributed by atoms with Crippen LogP contribution in [0.4, 0.5) is 0 Å². The van der Waals surface area contributed by atoms with Gasteiger partial charge in [-0.2, -0.15) is 0 Å². The summed E-state index contributed by atoms with van der Waals surface area (Å²) < 4.78 is 5.74. The molecule has 0 aliphatic carbocycles. The van der Waals surface area contributed by atoms with Gasteiger partial charge in [-0.1, -0.05) is 12.1 Å². The Balaban J connectivity index is 1.96. The van der Waals surface area contributed by atoms with Gasteiger partial charge in [0.1, 0.15) is 6.10 Å². The standard InChI is InChI=1S/C12H14N2OS/c13-8-12(11-5-1-2-6-14-11)15-9-10-4-3-7-16-10/h1-7,12H,8-9,13H2. The Bertz CT molecular complexity index is 402. The third kappa shape index (κ3) is 2.88. The Morgan fingerprint density at radius 2 is 2.25 bits per heavy atom. The number of nitrogens with zero attached hydrogens (tertiary/aromatic N) is 1. The first-order chi connectivity index (χ1) is 7.90. The van der Waals surface area contributed by atoms with Gasteiger partial charge in [0.05, 0.1) is 12.3 Å². The molecule has 4 heteroatoms. The molecule has 1 unspecified atom stereocenters. The van der Waals surface area contributed by atoms with Gasteiger partial charge in [-0.15, -0.1) is 11.3 Å². The van der Waals surface area contributed by atoms with E-state index >= 15 is 0 Å². The summed E-state index contributed by atoms with van der Waals surface area (Å²) >= 11 is 1.68. The Kier molecular flexibility index (Phi) is 4.04. The number of rotatable bonds is 5. The van der Waals surface area contributed by atoms with Crippen LogP contribution < -0.4 is 5.73 Å². The van der Waals surface area contributed by atoms with Gasteiger partial charge in [-0.05, 0) is 23.6 Å². The molecule has 2 aromatic rings. The Morgan fingerprint density at radius 3 is 2.88 bits per heavy atom. The lowest BCUT2D eigenvalue weighted by Crippen LogP contribution is -2.16. The first-order valence-electron chi connectivity index (χ1n) is 5.15. The van der Waals surface area contributed by atoms with Gasteiger partial charge in [-0.25, -0.2) is 0 Å². The van der Waals surface area contributed by atoms with Gasteiger partial charge >= 0.3 is 0 Å². The topological polar surface area (TPSA) is 48.1 Å². The smallest absolute Gasteiger partial charge is 0.112 e. The zero-order chi connectivity index (χ0) is 11.2. The highest BCUT2D eigenvalue weighted by molar-refractivity contribution is 7.09. The van der Waals surface area contributed by atoms with E-state index in [0.29, 0.717) is 13.2 Å². The third-order valence-corrected chi connectivity index (χ3v) is 3.09. The van der Waals surface area contributed by atoms with Gasteiger partial charge in [0, 0.05) is 17.6 Å². The molecule has 0 aliphatic rings. The average Bonchev–Trinajstić information content (AvgIpc) is 2.84. The monoisotopic (exact) mass is 234 g/mol. The molecule has 0 radical (unpaired) electrons. The van der Waals surface area contributed by atoms with E-state index in [1.807, 2.05) is 29.6 Å². The first-order valence-corrected chi connectivity index (χ1v) is 6.03. The van der Waals surface area contributed by atoms with E-state index in [2.05, 4.69) is 11.1 Å². The largest absolute Gasteiger partial charge is 0.365 e. The zero-order valence-electron chi connectivity index (χ0n) is 8.87. The van der Waals surface area contributed by atoms with Crippen LogP contribution in [-0.4, -0.2) is 11.5 Å². The van der Waals surface area contributed by atoms with Crippen LogP contribution in [0.2, 0.25) is 0 Å². The molecule has 84 valence electrons. The molecule has 2 rings (SSSR count). The summed E-state index contributed by atoms with van der Waals surface area (Å²) in [6.45, 7) is 1.04. The molecule has 0 fully saturated rings. The van der Waals surface area contributed by atoms with Crippen LogP contribution in [0, 0.1) is 0 Å². The summed E-state index contributed by atoms with van der Waals surface area (Å²) in [5.74, 6) is 0. The molecule has 0 saturated carbocycles. The fourth-order valence-corrected chi connectivity index (χ4v) is 2.04. The zero-order valence-corrected chi connectivity index (χ0v) is 9.69. The number of aromatic nitrogens is 1. The molecule has 0 saturated heterocycles. The van der Waals surface area contributed by atoms with Gasteiger partial charge in [-0.3, -0.25) is 4.98 Å². The van der Waals surface area contributed by atoms with E-state index in [4.69, 9.17) is 10.5 Å². The van der Waals surface area contributed by atoms with Crippen LogP contribution in [0.1, 0.15) is 16.7 Å². The molecule has 0 aromatic carbocycles. The number of pyridine rings is 1. The van der Waals surface area contributed by atoms with Crippen LogP contribution in [-0.2, 0) is 11.3 Å². The molecule has 16 heavy (non-hydrogen) atoms. The lowest BCUT2D eigenvalue weighted by molar-refractivity contribution is 0.0445. The molecule has 2 aromatic heterocycles. The number of ether oxygens (including phenoxy) is 1. The van der Waals surface area contributed by atoms with Crippen LogP contribution >= 0.6 is 11.3 Å². The van der Waals surface area contributed by atoms with Crippen LogP contribution in [0.3, 0.4) is 0 Å². The molecular formula is C12H14N2OS. The molecule has 0 bridgehead atoms. The predicted octanol–water partition coefficient (Wildman–Crippen LogP) is 2.36. The van der Waals surface area contributed by atoms with Crippen molar-refractivity contribution in [2.75, 3.05) is 6.54 Å². The summed E-state index contributed by atoms with van der Waals surface area (Å²) in [6, 6.07) is 9.83. The predicted molar refractivity (Wildman–Crippen MR) is 65.1 cm³/mol. The van der Waals surface area contributed by atoms with Crippen molar-refractivity contribution < 1.29 is 4.74 Å². The highest BCUT2D eigenvalue weighted by Crippen LogP contribution is 2.17. The molecular weight excluding hydrogens is 220 g/mol. The second-order valence-corrected chi connectivity index (χ2v) is 4.40. The van der Waals surface area contributed by atoms with E-state index in [-0.39, 0.29) is 6.10 Å².